The van der Waals surface area contributed by atoms with E-state index in [0.29, 0.717) is 13.0 Å². The van der Waals surface area contributed by atoms with Gasteiger partial charge in [0.05, 0.1) is 6.54 Å². The number of rotatable bonds is 3. The molecule has 6 heteroatoms. The van der Waals surface area contributed by atoms with Crippen LogP contribution in [0.4, 0.5) is 0 Å². The highest BCUT2D eigenvalue weighted by Crippen LogP contribution is 2.18. The molecule has 1 saturated heterocycles. The van der Waals surface area contributed by atoms with Crippen LogP contribution in [0.25, 0.3) is 0 Å². The predicted octanol–water partition coefficient (Wildman–Crippen LogP) is -1.06. The van der Waals surface area contributed by atoms with E-state index in [1.807, 2.05) is 0 Å². The first-order valence-electron chi connectivity index (χ1n) is 5.24. The number of carbonyl (C=O) groups is 3. The van der Waals surface area contributed by atoms with Crippen molar-refractivity contribution in [2.45, 2.75) is 25.8 Å². The lowest BCUT2D eigenvalue weighted by atomic mass is 10.2. The molecule has 0 saturated carbocycles. The van der Waals surface area contributed by atoms with Crippen LogP contribution in [0.3, 0.4) is 0 Å². The second kappa shape index (κ2) is 4.96. The average molecular weight is 227 g/mol. The fourth-order valence-electron chi connectivity index (χ4n) is 1.97. The molecule has 0 aliphatic carbocycles. The maximum Gasteiger partial charge on any atom is 0.245 e. The molecule has 3 amide bonds. The largest absolute Gasteiger partial charge is 0.368 e. The van der Waals surface area contributed by atoms with E-state index >= 15 is 0 Å². The Bertz CT molecular complexity index is 316. The molecule has 0 unspecified atom stereocenters. The molecule has 1 fully saturated rings. The van der Waals surface area contributed by atoms with Crippen molar-refractivity contribution in [3.63, 3.8) is 0 Å². The van der Waals surface area contributed by atoms with E-state index in [-0.39, 0.29) is 18.4 Å². The van der Waals surface area contributed by atoms with Crippen LogP contribution in [0.1, 0.15) is 19.8 Å². The molecule has 6 nitrogen and oxygen atoms in total. The Morgan fingerprint density at radius 3 is 2.56 bits per heavy atom. The molecule has 1 aliphatic heterocycles. The number of likely N-dealkylation sites (tertiary alicyclic amines) is 1. The number of nitrogens with two attached hydrogens (primary N) is 1. The number of primary amides is 1. The lowest BCUT2D eigenvalue weighted by Gasteiger charge is -2.26. The van der Waals surface area contributed by atoms with E-state index in [1.165, 1.54) is 18.9 Å². The summed E-state index contributed by atoms with van der Waals surface area (Å²) >= 11 is 0. The Labute approximate surface area is 94.4 Å². The summed E-state index contributed by atoms with van der Waals surface area (Å²) in [6.07, 6.45) is 1.47. The molecule has 2 N–H and O–H groups in total. The van der Waals surface area contributed by atoms with Crippen LogP contribution >= 0.6 is 0 Å². The topological polar surface area (TPSA) is 83.7 Å². The molecule has 1 atom stereocenters. The highest BCUT2D eigenvalue weighted by molar-refractivity contribution is 5.90. The van der Waals surface area contributed by atoms with Crippen LogP contribution in [0.2, 0.25) is 0 Å². The van der Waals surface area contributed by atoms with Crippen molar-refractivity contribution in [3.8, 4) is 0 Å². The van der Waals surface area contributed by atoms with Crippen LogP contribution < -0.4 is 5.73 Å². The maximum absolute atomic E-state index is 11.9. The smallest absolute Gasteiger partial charge is 0.245 e. The van der Waals surface area contributed by atoms with Crippen molar-refractivity contribution in [1.29, 1.82) is 0 Å². The van der Waals surface area contributed by atoms with Gasteiger partial charge in [-0.2, -0.15) is 0 Å². The summed E-state index contributed by atoms with van der Waals surface area (Å²) in [6, 6.07) is -0.429. The number of hydrogen-bond donors (Lipinski definition) is 1. The van der Waals surface area contributed by atoms with Crippen molar-refractivity contribution >= 4 is 17.7 Å². The van der Waals surface area contributed by atoms with Crippen LogP contribution in [-0.4, -0.2) is 53.7 Å². The first kappa shape index (κ1) is 12.5. The third-order valence-electron chi connectivity index (χ3n) is 2.71. The van der Waals surface area contributed by atoms with Gasteiger partial charge in [-0.25, -0.2) is 0 Å². The number of carbonyl (C=O) groups excluding carboxylic acids is 3. The van der Waals surface area contributed by atoms with Crippen molar-refractivity contribution in [2.75, 3.05) is 20.1 Å². The normalized spacial score (nSPS) is 19.6. The zero-order valence-electron chi connectivity index (χ0n) is 9.60. The minimum absolute atomic E-state index is 0.108. The van der Waals surface area contributed by atoms with E-state index in [0.717, 1.165) is 6.42 Å². The minimum Gasteiger partial charge on any atom is -0.368 e. The van der Waals surface area contributed by atoms with Crippen molar-refractivity contribution in [1.82, 2.24) is 9.80 Å². The van der Waals surface area contributed by atoms with Gasteiger partial charge in [0, 0.05) is 20.5 Å². The summed E-state index contributed by atoms with van der Waals surface area (Å²) in [6.45, 7) is 1.94. The van der Waals surface area contributed by atoms with E-state index < -0.39 is 11.9 Å². The van der Waals surface area contributed by atoms with Gasteiger partial charge >= 0.3 is 0 Å². The molecule has 0 aromatic carbocycles. The summed E-state index contributed by atoms with van der Waals surface area (Å²) in [5, 5.41) is 0. The average Bonchev–Trinajstić information content (AvgIpc) is 2.63. The SMILES string of the molecule is CC(=O)N1CCC[C@H]1C(=O)N(C)CC(N)=O. The second-order valence-electron chi connectivity index (χ2n) is 4.03. The van der Waals surface area contributed by atoms with Crippen molar-refractivity contribution < 1.29 is 14.4 Å². The minimum atomic E-state index is -0.553. The molecule has 0 aromatic rings. The third kappa shape index (κ3) is 2.71. The van der Waals surface area contributed by atoms with E-state index in [4.69, 9.17) is 5.73 Å². The Balaban J connectivity index is 2.65. The summed E-state index contributed by atoms with van der Waals surface area (Å²) in [7, 11) is 1.52. The molecule has 0 bridgehead atoms. The van der Waals surface area contributed by atoms with Gasteiger partial charge in [0.1, 0.15) is 6.04 Å². The monoisotopic (exact) mass is 227 g/mol. The summed E-state index contributed by atoms with van der Waals surface area (Å²) in [5.41, 5.74) is 5.01. The Morgan fingerprint density at radius 2 is 2.06 bits per heavy atom. The molecule has 0 spiro atoms. The number of amides is 3. The van der Waals surface area contributed by atoms with E-state index in [1.54, 1.807) is 4.90 Å². The molecular formula is C10H17N3O3. The second-order valence-corrected chi connectivity index (χ2v) is 4.03. The fourth-order valence-corrected chi connectivity index (χ4v) is 1.97. The predicted molar refractivity (Wildman–Crippen MR) is 57.2 cm³/mol. The van der Waals surface area contributed by atoms with Crippen molar-refractivity contribution in [2.24, 2.45) is 5.73 Å². The van der Waals surface area contributed by atoms with Gasteiger partial charge in [0.15, 0.2) is 0 Å². The Hall–Kier alpha value is -1.59. The number of nitrogens with zero attached hydrogens (tertiary/aromatic N) is 2. The highest BCUT2D eigenvalue weighted by Gasteiger charge is 2.34. The van der Waals surface area contributed by atoms with Gasteiger partial charge in [-0.1, -0.05) is 0 Å². The van der Waals surface area contributed by atoms with Crippen LogP contribution in [0.15, 0.2) is 0 Å². The fraction of sp³-hybridized carbons (Fsp3) is 0.700. The zero-order valence-corrected chi connectivity index (χ0v) is 9.60. The van der Waals surface area contributed by atoms with Gasteiger partial charge in [0.25, 0.3) is 0 Å². The molecule has 90 valence electrons. The van der Waals surface area contributed by atoms with Crippen LogP contribution in [0, 0.1) is 0 Å². The van der Waals surface area contributed by atoms with E-state index in [9.17, 15) is 14.4 Å². The molecule has 0 radical (unpaired) electrons. The summed E-state index contributed by atoms with van der Waals surface area (Å²) < 4.78 is 0. The van der Waals surface area contributed by atoms with Gasteiger partial charge in [-0.15, -0.1) is 0 Å². The molecular weight excluding hydrogens is 210 g/mol. The molecule has 1 rings (SSSR count). The molecule has 0 aromatic heterocycles. The van der Waals surface area contributed by atoms with Gasteiger partial charge in [-0.05, 0) is 12.8 Å². The standard InChI is InChI=1S/C10H17N3O3/c1-7(14)13-5-3-4-8(13)10(16)12(2)6-9(11)15/h8H,3-6H2,1-2H3,(H2,11,15)/t8-/m0/s1. The van der Waals surface area contributed by atoms with Gasteiger partial charge in [-0.3, -0.25) is 14.4 Å². The molecule has 16 heavy (non-hydrogen) atoms. The van der Waals surface area contributed by atoms with Crippen LogP contribution in [-0.2, 0) is 14.4 Å². The lowest BCUT2D eigenvalue weighted by molar-refractivity contribution is -0.143. The first-order valence-corrected chi connectivity index (χ1v) is 5.24. The van der Waals surface area contributed by atoms with Gasteiger partial charge in [0.2, 0.25) is 17.7 Å². The van der Waals surface area contributed by atoms with Crippen LogP contribution in [0.5, 0.6) is 0 Å². The van der Waals surface area contributed by atoms with Crippen molar-refractivity contribution in [3.05, 3.63) is 0 Å². The number of hydrogen-bond acceptors (Lipinski definition) is 3. The quantitative estimate of drug-likeness (QED) is 0.667. The molecule has 1 aliphatic rings. The van der Waals surface area contributed by atoms with E-state index in [2.05, 4.69) is 0 Å². The maximum atomic E-state index is 11.9. The Morgan fingerprint density at radius 1 is 1.44 bits per heavy atom. The summed E-state index contributed by atoms with van der Waals surface area (Å²) in [5.74, 6) is -0.877. The lowest BCUT2D eigenvalue weighted by Crippen LogP contribution is -2.47. The highest BCUT2D eigenvalue weighted by atomic mass is 16.2. The zero-order chi connectivity index (χ0) is 12.3. The number of likely N-dealkylation sites (N-methyl/N-ethyl adjacent to an activating group) is 1. The molecule has 1 heterocycles. The first-order chi connectivity index (χ1) is 7.43. The van der Waals surface area contributed by atoms with Gasteiger partial charge < -0.3 is 15.5 Å². The summed E-state index contributed by atoms with van der Waals surface area (Å²) in [4.78, 5) is 36.7. The third-order valence-corrected chi connectivity index (χ3v) is 2.71. The Kier molecular flexibility index (Phi) is 3.87.